The van der Waals surface area contributed by atoms with Crippen molar-refractivity contribution in [3.05, 3.63) is 21.1 Å². The molecule has 0 fully saturated rings. The van der Waals surface area contributed by atoms with E-state index in [0.717, 1.165) is 22.9 Å². The van der Waals surface area contributed by atoms with Gasteiger partial charge in [-0.15, -0.1) is 5.10 Å². The third-order valence-electron chi connectivity index (χ3n) is 2.57. The van der Waals surface area contributed by atoms with Gasteiger partial charge in [0.15, 0.2) is 5.13 Å². The number of hydrogen-bond donors (Lipinski definition) is 1. The number of ether oxygens (including phenoxy) is 1. The van der Waals surface area contributed by atoms with Crippen molar-refractivity contribution in [2.75, 3.05) is 11.9 Å². The lowest BCUT2D eigenvalue weighted by Gasteiger charge is -1.99. The van der Waals surface area contributed by atoms with Gasteiger partial charge in [0.2, 0.25) is 0 Å². The van der Waals surface area contributed by atoms with Gasteiger partial charge in [0, 0.05) is 0 Å². The first-order chi connectivity index (χ1) is 10.1. The van der Waals surface area contributed by atoms with E-state index in [9.17, 15) is 9.59 Å². The maximum absolute atomic E-state index is 12.1. The van der Waals surface area contributed by atoms with Crippen LogP contribution in [0.4, 0.5) is 5.13 Å². The number of rotatable bonds is 5. The molecule has 0 aliphatic heterocycles. The molecule has 2 heterocycles. The number of amides is 1. The molecule has 0 spiro atoms. The summed E-state index contributed by atoms with van der Waals surface area (Å²) >= 11 is 2.13. The molecule has 9 heteroatoms. The average Bonchev–Trinajstić information content (AvgIpc) is 3.05. The normalized spacial score (nSPS) is 10.4. The van der Waals surface area contributed by atoms with Gasteiger partial charge in [-0.25, -0.2) is 9.78 Å². The molecule has 0 radical (unpaired) electrons. The molecule has 1 amide bonds. The molecule has 7 nitrogen and oxygen atoms in total. The highest BCUT2D eigenvalue weighted by atomic mass is 32.1. The van der Waals surface area contributed by atoms with Gasteiger partial charge in [-0.05, 0) is 31.8 Å². The Hall–Kier alpha value is -1.87. The molecule has 0 unspecified atom stereocenters. The second kappa shape index (κ2) is 6.72. The molecule has 0 aliphatic carbocycles. The highest BCUT2D eigenvalue weighted by molar-refractivity contribution is 7.17. The summed E-state index contributed by atoms with van der Waals surface area (Å²) in [6.07, 6.45) is 0.629. The van der Waals surface area contributed by atoms with Gasteiger partial charge in [-0.1, -0.05) is 22.7 Å². The number of nitrogens with zero attached hydrogens (tertiary/aromatic N) is 3. The van der Waals surface area contributed by atoms with Crippen molar-refractivity contribution in [1.29, 1.82) is 0 Å². The first-order valence-electron chi connectivity index (χ1n) is 6.33. The fourth-order valence-electron chi connectivity index (χ4n) is 1.60. The third kappa shape index (κ3) is 3.42. The zero-order valence-corrected chi connectivity index (χ0v) is 13.4. The van der Waals surface area contributed by atoms with E-state index in [1.165, 1.54) is 0 Å². The minimum Gasteiger partial charge on any atom is -0.462 e. The van der Waals surface area contributed by atoms with E-state index in [4.69, 9.17) is 4.74 Å². The summed E-state index contributed by atoms with van der Waals surface area (Å²) in [7, 11) is 0. The number of esters is 1. The second-order valence-corrected chi connectivity index (χ2v) is 5.76. The fraction of sp³-hybridized carbons (Fsp3) is 0.417. The molecule has 2 aromatic heterocycles. The van der Waals surface area contributed by atoms with Crippen LogP contribution in [0.25, 0.3) is 0 Å². The monoisotopic (exact) mass is 326 g/mol. The number of nitrogens with one attached hydrogen (secondary N) is 1. The summed E-state index contributed by atoms with van der Waals surface area (Å²) in [5.41, 5.74) is 1.18. The number of aryl methyl sites for hydroxylation is 2. The van der Waals surface area contributed by atoms with E-state index >= 15 is 0 Å². The number of carbonyl (C=O) groups excluding carboxylic acids is 2. The van der Waals surface area contributed by atoms with Crippen LogP contribution in [-0.4, -0.2) is 33.1 Å². The molecule has 0 bridgehead atoms. The maximum atomic E-state index is 12.1. The maximum Gasteiger partial charge on any atom is 0.350 e. The van der Waals surface area contributed by atoms with E-state index < -0.39 is 5.97 Å². The first-order valence-corrected chi connectivity index (χ1v) is 7.92. The van der Waals surface area contributed by atoms with Gasteiger partial charge in [0.1, 0.15) is 9.75 Å². The number of aromatic nitrogens is 3. The Kier molecular flexibility index (Phi) is 4.97. The van der Waals surface area contributed by atoms with Crippen molar-refractivity contribution >= 4 is 39.9 Å². The van der Waals surface area contributed by atoms with E-state index in [1.54, 1.807) is 13.8 Å². The van der Waals surface area contributed by atoms with Crippen LogP contribution in [0.1, 0.15) is 44.6 Å². The smallest absolute Gasteiger partial charge is 0.350 e. The molecule has 0 aromatic carbocycles. The Morgan fingerprint density at radius 2 is 2.05 bits per heavy atom. The topological polar surface area (TPSA) is 94.1 Å². The molecule has 0 saturated heterocycles. The zero-order valence-electron chi connectivity index (χ0n) is 11.8. The van der Waals surface area contributed by atoms with Crippen molar-refractivity contribution in [3.63, 3.8) is 0 Å². The summed E-state index contributed by atoms with van der Waals surface area (Å²) in [6.45, 7) is 5.63. The summed E-state index contributed by atoms with van der Waals surface area (Å²) in [5.74, 6) is -0.743. The second-order valence-electron chi connectivity index (χ2n) is 4.01. The van der Waals surface area contributed by atoms with Crippen molar-refractivity contribution in [2.45, 2.75) is 27.2 Å². The highest BCUT2D eigenvalue weighted by Gasteiger charge is 2.20. The van der Waals surface area contributed by atoms with E-state index in [0.29, 0.717) is 39.3 Å². The van der Waals surface area contributed by atoms with Crippen LogP contribution in [-0.2, 0) is 11.2 Å². The zero-order chi connectivity index (χ0) is 15.4. The first kappa shape index (κ1) is 15.5. The Morgan fingerprint density at radius 1 is 1.29 bits per heavy atom. The molecular formula is C12H14N4O3S2. The summed E-state index contributed by atoms with van der Waals surface area (Å²) < 4.78 is 8.71. The van der Waals surface area contributed by atoms with Gasteiger partial charge < -0.3 is 4.74 Å². The van der Waals surface area contributed by atoms with Crippen molar-refractivity contribution in [3.8, 4) is 0 Å². The minimum atomic E-state index is -0.429. The Morgan fingerprint density at radius 3 is 2.71 bits per heavy atom. The van der Waals surface area contributed by atoms with Gasteiger partial charge in [0.25, 0.3) is 5.91 Å². The fourth-order valence-corrected chi connectivity index (χ4v) is 3.10. The molecular weight excluding hydrogens is 312 g/mol. The highest BCUT2D eigenvalue weighted by Crippen LogP contribution is 2.24. The van der Waals surface area contributed by atoms with Crippen LogP contribution in [0.5, 0.6) is 0 Å². The number of thiazole rings is 1. The largest absolute Gasteiger partial charge is 0.462 e. The summed E-state index contributed by atoms with van der Waals surface area (Å²) in [5, 5.41) is 6.92. The molecule has 2 rings (SSSR count). The van der Waals surface area contributed by atoms with Crippen LogP contribution in [0.2, 0.25) is 0 Å². The quantitative estimate of drug-likeness (QED) is 0.847. The van der Waals surface area contributed by atoms with Crippen LogP contribution in [0, 0.1) is 6.92 Å². The lowest BCUT2D eigenvalue weighted by molar-refractivity contribution is 0.0531. The molecule has 1 N–H and O–H groups in total. The summed E-state index contributed by atoms with van der Waals surface area (Å²) in [4.78, 5) is 28.9. The SMILES string of the molecule is CCOC(=O)c1sc(NC(=O)c2snnc2CC)nc1C. The van der Waals surface area contributed by atoms with Crippen LogP contribution in [0.3, 0.4) is 0 Å². The molecule has 0 saturated carbocycles. The lowest BCUT2D eigenvalue weighted by atomic mass is 10.3. The van der Waals surface area contributed by atoms with Gasteiger partial charge >= 0.3 is 5.97 Å². The molecule has 0 aliphatic rings. The van der Waals surface area contributed by atoms with Crippen molar-refractivity contribution < 1.29 is 14.3 Å². The Balaban J connectivity index is 2.15. The van der Waals surface area contributed by atoms with Gasteiger partial charge in [-0.2, -0.15) is 0 Å². The van der Waals surface area contributed by atoms with Crippen LogP contribution >= 0.6 is 22.9 Å². The predicted octanol–water partition coefficient (Wildman–Crippen LogP) is 2.29. The third-order valence-corrected chi connectivity index (χ3v) is 4.39. The Bertz CT molecular complexity index is 665. The van der Waals surface area contributed by atoms with E-state index in [1.807, 2.05) is 6.92 Å². The van der Waals surface area contributed by atoms with Crippen LogP contribution in [0.15, 0.2) is 0 Å². The molecule has 21 heavy (non-hydrogen) atoms. The minimum absolute atomic E-state index is 0.296. The Labute approximate surface area is 129 Å². The van der Waals surface area contributed by atoms with Crippen LogP contribution < -0.4 is 5.32 Å². The molecule has 2 aromatic rings. The van der Waals surface area contributed by atoms with E-state index in [2.05, 4.69) is 19.9 Å². The molecule has 0 atom stereocenters. The van der Waals surface area contributed by atoms with Gasteiger partial charge in [0.05, 0.1) is 18.0 Å². The summed E-state index contributed by atoms with van der Waals surface area (Å²) in [6, 6.07) is 0. The number of anilines is 1. The van der Waals surface area contributed by atoms with Crippen molar-refractivity contribution in [1.82, 2.24) is 14.6 Å². The standard InChI is InChI=1S/C12H14N4O3S2/c1-4-7-9(21-16-15-7)10(17)14-12-13-6(3)8(20-12)11(18)19-5-2/h4-5H2,1-3H3,(H,13,14,17). The van der Waals surface area contributed by atoms with E-state index in [-0.39, 0.29) is 5.91 Å². The van der Waals surface area contributed by atoms with Crippen molar-refractivity contribution in [2.24, 2.45) is 0 Å². The predicted molar refractivity (Wildman–Crippen MR) is 80.0 cm³/mol. The van der Waals surface area contributed by atoms with Gasteiger partial charge in [-0.3, -0.25) is 10.1 Å². The number of carbonyl (C=O) groups is 2. The molecule has 112 valence electrons. The lowest BCUT2D eigenvalue weighted by Crippen LogP contribution is -2.12. The number of hydrogen-bond acceptors (Lipinski definition) is 8. The average molecular weight is 326 g/mol.